The van der Waals surface area contributed by atoms with Crippen molar-refractivity contribution in [1.82, 2.24) is 9.69 Å². The van der Waals surface area contributed by atoms with Gasteiger partial charge >= 0.3 is 0 Å². The van der Waals surface area contributed by atoms with Crippen molar-refractivity contribution in [3.8, 4) is 0 Å². The van der Waals surface area contributed by atoms with E-state index in [1.165, 1.54) is 43.6 Å². The lowest BCUT2D eigenvalue weighted by Crippen LogP contribution is -2.30. The molecule has 0 saturated heterocycles. The molecule has 0 unspecified atom stereocenters. The fraction of sp³-hybridized carbons (Fsp3) is 0.733. The van der Waals surface area contributed by atoms with Crippen molar-refractivity contribution in [3.63, 3.8) is 0 Å². The first-order valence-electron chi connectivity index (χ1n) is 7.87. The normalized spacial score (nSPS) is 15.6. The molecule has 1 amide bonds. The summed E-state index contributed by atoms with van der Waals surface area (Å²) in [4.78, 5) is 12.1. The zero-order valence-electron chi connectivity index (χ0n) is 12.9. The van der Waals surface area contributed by atoms with Gasteiger partial charge in [-0.25, -0.2) is 0 Å². The van der Waals surface area contributed by atoms with Gasteiger partial charge in [0, 0.05) is 12.6 Å². The molecule has 2 rings (SSSR count). The Bertz CT molecular complexity index is 466. The van der Waals surface area contributed by atoms with E-state index in [-0.39, 0.29) is 11.9 Å². The van der Waals surface area contributed by atoms with Crippen LogP contribution in [-0.4, -0.2) is 22.9 Å². The number of nitrogens with two attached hydrogens (primary N) is 1. The van der Waals surface area contributed by atoms with Crippen LogP contribution in [0.4, 0.5) is 10.8 Å². The van der Waals surface area contributed by atoms with E-state index in [1.807, 2.05) is 13.8 Å². The molecule has 1 aliphatic carbocycles. The lowest BCUT2D eigenvalue weighted by Gasteiger charge is -2.11. The van der Waals surface area contributed by atoms with Gasteiger partial charge in [-0.1, -0.05) is 25.7 Å². The third kappa shape index (κ3) is 4.59. The first kappa shape index (κ1) is 16.1. The van der Waals surface area contributed by atoms with Crippen LogP contribution in [0, 0.1) is 5.92 Å². The second-order valence-electron chi connectivity index (χ2n) is 6.12. The summed E-state index contributed by atoms with van der Waals surface area (Å²) in [7, 11) is 0. The van der Waals surface area contributed by atoms with Crippen LogP contribution in [0.1, 0.15) is 62.7 Å². The summed E-state index contributed by atoms with van der Waals surface area (Å²) in [5, 5.41) is 6.99. The van der Waals surface area contributed by atoms with E-state index in [4.69, 9.17) is 5.73 Å². The molecule has 118 valence electrons. The van der Waals surface area contributed by atoms with E-state index in [9.17, 15) is 4.79 Å². The molecule has 21 heavy (non-hydrogen) atoms. The van der Waals surface area contributed by atoms with Gasteiger partial charge in [-0.05, 0) is 44.1 Å². The molecule has 0 radical (unpaired) electrons. The topological polar surface area (TPSA) is 80.0 Å². The minimum Gasteiger partial charge on any atom is -0.382 e. The van der Waals surface area contributed by atoms with Gasteiger partial charge in [0.25, 0.3) is 5.91 Å². The highest BCUT2D eigenvalue weighted by Gasteiger charge is 2.20. The highest BCUT2D eigenvalue weighted by molar-refractivity contribution is 7.11. The van der Waals surface area contributed by atoms with Gasteiger partial charge in [-0.3, -0.25) is 4.79 Å². The number of hydrogen-bond acceptors (Lipinski definition) is 5. The average Bonchev–Trinajstić information content (AvgIpc) is 3.03. The second-order valence-corrected chi connectivity index (χ2v) is 6.89. The minimum absolute atomic E-state index is 0.0898. The Morgan fingerprint density at radius 2 is 2.14 bits per heavy atom. The summed E-state index contributed by atoms with van der Waals surface area (Å²) in [6, 6.07) is 0.0898. The molecule has 0 bridgehead atoms. The van der Waals surface area contributed by atoms with Crippen LogP contribution in [0.5, 0.6) is 0 Å². The Labute approximate surface area is 130 Å². The number of amides is 1. The Kier molecular flexibility index (Phi) is 5.85. The third-order valence-electron chi connectivity index (χ3n) is 3.91. The van der Waals surface area contributed by atoms with E-state index in [1.54, 1.807) is 0 Å². The number of aromatic nitrogens is 1. The van der Waals surface area contributed by atoms with Gasteiger partial charge in [0.05, 0.1) is 0 Å². The summed E-state index contributed by atoms with van der Waals surface area (Å²) in [5.74, 6) is 1.08. The van der Waals surface area contributed by atoms with E-state index in [2.05, 4.69) is 15.0 Å². The van der Waals surface area contributed by atoms with Crippen molar-refractivity contribution < 1.29 is 4.79 Å². The molecule has 0 spiro atoms. The number of nitrogens with one attached hydrogen (secondary N) is 2. The summed E-state index contributed by atoms with van der Waals surface area (Å²) < 4.78 is 4.10. The predicted octanol–water partition coefficient (Wildman–Crippen LogP) is 3.25. The molecule has 1 aromatic heterocycles. The highest BCUT2D eigenvalue weighted by atomic mass is 32.1. The number of hydrogen-bond donors (Lipinski definition) is 3. The molecule has 1 heterocycles. The Hall–Kier alpha value is -1.30. The summed E-state index contributed by atoms with van der Waals surface area (Å²) in [6.45, 7) is 4.74. The van der Waals surface area contributed by atoms with Crippen molar-refractivity contribution in [3.05, 3.63) is 5.56 Å². The highest BCUT2D eigenvalue weighted by Crippen LogP contribution is 2.29. The summed E-state index contributed by atoms with van der Waals surface area (Å²) in [6.07, 6.45) is 7.96. The number of anilines is 2. The van der Waals surface area contributed by atoms with Gasteiger partial charge < -0.3 is 16.4 Å². The Morgan fingerprint density at radius 1 is 1.43 bits per heavy atom. The first-order valence-corrected chi connectivity index (χ1v) is 8.65. The summed E-state index contributed by atoms with van der Waals surface area (Å²) >= 11 is 1.27. The molecular weight excluding hydrogens is 284 g/mol. The fourth-order valence-electron chi connectivity index (χ4n) is 2.87. The van der Waals surface area contributed by atoms with Gasteiger partial charge in [-0.15, -0.1) is 0 Å². The van der Waals surface area contributed by atoms with E-state index in [0.29, 0.717) is 11.4 Å². The largest absolute Gasteiger partial charge is 0.382 e. The Balaban J connectivity index is 1.83. The molecule has 5 nitrogen and oxygen atoms in total. The van der Waals surface area contributed by atoms with Gasteiger partial charge in [0.2, 0.25) is 0 Å². The van der Waals surface area contributed by atoms with Crippen molar-refractivity contribution in [2.24, 2.45) is 5.92 Å². The number of carbonyl (C=O) groups is 1. The lowest BCUT2D eigenvalue weighted by molar-refractivity contribution is 0.0945. The van der Waals surface area contributed by atoms with E-state index < -0.39 is 0 Å². The quantitative estimate of drug-likeness (QED) is 0.675. The maximum Gasteiger partial charge on any atom is 0.258 e. The monoisotopic (exact) mass is 310 g/mol. The zero-order chi connectivity index (χ0) is 15.2. The minimum atomic E-state index is -0.144. The maximum absolute atomic E-state index is 12.1. The van der Waals surface area contributed by atoms with Crippen LogP contribution in [-0.2, 0) is 0 Å². The van der Waals surface area contributed by atoms with Gasteiger partial charge in [0.15, 0.2) is 5.82 Å². The van der Waals surface area contributed by atoms with Crippen LogP contribution in [0.15, 0.2) is 0 Å². The number of carbonyl (C=O) groups excluding carboxylic acids is 1. The van der Waals surface area contributed by atoms with Crippen molar-refractivity contribution in [2.45, 2.75) is 58.4 Å². The molecule has 1 aromatic rings. The number of nitrogens with zero attached hydrogens (tertiary/aromatic N) is 1. The molecular formula is C15H26N4OS. The SMILES string of the molecule is CC(C)NC(=O)c1c(N)nsc1NCCCC1CCCC1. The van der Waals surface area contributed by atoms with Crippen molar-refractivity contribution in [2.75, 3.05) is 17.6 Å². The smallest absolute Gasteiger partial charge is 0.258 e. The zero-order valence-corrected chi connectivity index (χ0v) is 13.8. The van der Waals surface area contributed by atoms with E-state index in [0.717, 1.165) is 23.9 Å². The Morgan fingerprint density at radius 3 is 2.81 bits per heavy atom. The third-order valence-corrected chi connectivity index (χ3v) is 4.73. The lowest BCUT2D eigenvalue weighted by atomic mass is 10.0. The number of rotatable bonds is 7. The molecule has 1 aliphatic rings. The van der Waals surface area contributed by atoms with E-state index >= 15 is 0 Å². The van der Waals surface area contributed by atoms with Crippen LogP contribution in [0.2, 0.25) is 0 Å². The molecule has 4 N–H and O–H groups in total. The van der Waals surface area contributed by atoms with Gasteiger partial charge in [-0.2, -0.15) is 4.37 Å². The van der Waals surface area contributed by atoms with Crippen LogP contribution < -0.4 is 16.4 Å². The molecule has 6 heteroatoms. The first-order chi connectivity index (χ1) is 10.1. The standard InChI is InChI=1S/C15H26N4OS/c1-10(2)18-14(20)12-13(16)19-21-15(12)17-9-5-8-11-6-3-4-7-11/h10-11,17H,3-9H2,1-2H3,(H2,16,19)(H,18,20). The fourth-order valence-corrected chi connectivity index (χ4v) is 3.60. The van der Waals surface area contributed by atoms with Crippen LogP contribution in [0.25, 0.3) is 0 Å². The summed E-state index contributed by atoms with van der Waals surface area (Å²) in [5.41, 5.74) is 6.32. The van der Waals surface area contributed by atoms with Crippen molar-refractivity contribution >= 4 is 28.3 Å². The van der Waals surface area contributed by atoms with Crippen LogP contribution >= 0.6 is 11.5 Å². The maximum atomic E-state index is 12.1. The number of nitrogen functional groups attached to an aromatic ring is 1. The molecule has 0 aromatic carbocycles. The average molecular weight is 310 g/mol. The predicted molar refractivity (Wildman–Crippen MR) is 88.8 cm³/mol. The second kappa shape index (κ2) is 7.64. The van der Waals surface area contributed by atoms with Crippen molar-refractivity contribution in [1.29, 1.82) is 0 Å². The van der Waals surface area contributed by atoms with Gasteiger partial charge in [0.1, 0.15) is 10.6 Å². The molecule has 0 aliphatic heterocycles. The molecule has 1 fully saturated rings. The van der Waals surface area contributed by atoms with Crippen LogP contribution in [0.3, 0.4) is 0 Å². The molecule has 0 atom stereocenters. The molecule has 1 saturated carbocycles.